The van der Waals surface area contributed by atoms with Crippen molar-refractivity contribution in [2.75, 3.05) is 18.9 Å². The highest BCUT2D eigenvalue weighted by atomic mass is 79.9. The molecule has 0 aliphatic carbocycles. The van der Waals surface area contributed by atoms with E-state index in [2.05, 4.69) is 38.3 Å². The second-order valence-corrected chi connectivity index (χ2v) is 6.17. The summed E-state index contributed by atoms with van der Waals surface area (Å²) < 4.78 is 1.08. The van der Waals surface area contributed by atoms with Crippen LogP contribution < -0.4 is 5.32 Å². The van der Waals surface area contributed by atoms with Gasteiger partial charge in [-0.15, -0.1) is 0 Å². The van der Waals surface area contributed by atoms with Crippen LogP contribution in [0.5, 0.6) is 0 Å². The molecule has 4 nitrogen and oxygen atoms in total. The number of amides is 1. The van der Waals surface area contributed by atoms with Crippen molar-refractivity contribution in [3.63, 3.8) is 0 Å². The monoisotopic (exact) mass is 371 g/mol. The van der Waals surface area contributed by atoms with Crippen molar-refractivity contribution in [2.45, 2.75) is 13.0 Å². The first-order valence-corrected chi connectivity index (χ1v) is 8.10. The Kier molecular flexibility index (Phi) is 6.33. The predicted octanol–water partition coefficient (Wildman–Crippen LogP) is 3.78. The largest absolute Gasteiger partial charge is 0.326 e. The third-order valence-corrected chi connectivity index (χ3v) is 4.19. The van der Waals surface area contributed by atoms with Crippen LogP contribution in [0.25, 0.3) is 0 Å². The Labute approximate surface area is 144 Å². The van der Waals surface area contributed by atoms with Crippen molar-refractivity contribution in [1.82, 2.24) is 4.90 Å². The first-order valence-electron chi connectivity index (χ1n) is 7.30. The summed E-state index contributed by atoms with van der Waals surface area (Å²) in [7, 11) is 1.99. The lowest BCUT2D eigenvalue weighted by Gasteiger charge is -2.17. The van der Waals surface area contributed by atoms with Gasteiger partial charge in [-0.3, -0.25) is 4.79 Å². The molecule has 0 bridgehead atoms. The molecule has 0 aliphatic rings. The maximum absolute atomic E-state index is 12.0. The Balaban J connectivity index is 1.79. The standard InChI is InChI=1S/C18H18BrN3O/c1-22(13-15-4-2-3-5-17(15)19)11-10-18(23)21-16-8-6-14(12-20)7-9-16/h2-9H,10-11,13H2,1H3,(H,21,23). The van der Waals surface area contributed by atoms with Crippen LogP contribution in [0, 0.1) is 11.3 Å². The Morgan fingerprint density at radius 1 is 1.22 bits per heavy atom. The Bertz CT molecular complexity index is 707. The topological polar surface area (TPSA) is 56.1 Å². The molecular formula is C18H18BrN3O. The summed E-state index contributed by atoms with van der Waals surface area (Å²) in [6, 6.07) is 17.0. The minimum Gasteiger partial charge on any atom is -0.326 e. The number of halogens is 1. The van der Waals surface area contributed by atoms with E-state index in [1.54, 1.807) is 24.3 Å². The van der Waals surface area contributed by atoms with Gasteiger partial charge >= 0.3 is 0 Å². The molecule has 0 radical (unpaired) electrons. The predicted molar refractivity (Wildman–Crippen MR) is 94.9 cm³/mol. The van der Waals surface area contributed by atoms with E-state index < -0.39 is 0 Å². The Morgan fingerprint density at radius 3 is 2.57 bits per heavy atom. The van der Waals surface area contributed by atoms with Gasteiger partial charge in [0.15, 0.2) is 0 Å². The molecule has 0 saturated heterocycles. The molecule has 2 aromatic rings. The van der Waals surface area contributed by atoms with E-state index in [0.717, 1.165) is 11.0 Å². The van der Waals surface area contributed by atoms with Gasteiger partial charge in [0.25, 0.3) is 0 Å². The fraction of sp³-hybridized carbons (Fsp3) is 0.222. The molecule has 0 atom stereocenters. The molecule has 1 amide bonds. The lowest BCUT2D eigenvalue weighted by atomic mass is 10.2. The van der Waals surface area contributed by atoms with Crippen LogP contribution in [0.1, 0.15) is 17.5 Å². The third-order valence-electron chi connectivity index (χ3n) is 3.42. The molecule has 1 N–H and O–H groups in total. The van der Waals surface area contributed by atoms with E-state index in [9.17, 15) is 4.79 Å². The van der Waals surface area contributed by atoms with Gasteiger partial charge in [0.1, 0.15) is 0 Å². The number of benzene rings is 2. The van der Waals surface area contributed by atoms with Gasteiger partial charge in [0.2, 0.25) is 5.91 Å². The van der Waals surface area contributed by atoms with Crippen LogP contribution in [0.4, 0.5) is 5.69 Å². The summed E-state index contributed by atoms with van der Waals surface area (Å²) in [5, 5.41) is 11.6. The fourth-order valence-electron chi connectivity index (χ4n) is 2.14. The van der Waals surface area contributed by atoms with E-state index in [-0.39, 0.29) is 5.91 Å². The average Bonchev–Trinajstić information content (AvgIpc) is 2.56. The van der Waals surface area contributed by atoms with Gasteiger partial charge < -0.3 is 10.2 Å². The summed E-state index contributed by atoms with van der Waals surface area (Å²) in [5.41, 5.74) is 2.49. The van der Waals surface area contributed by atoms with Crippen molar-refractivity contribution in [2.24, 2.45) is 0 Å². The van der Waals surface area contributed by atoms with Crippen LogP contribution in [0.2, 0.25) is 0 Å². The number of anilines is 1. The second kappa shape index (κ2) is 8.47. The highest BCUT2D eigenvalue weighted by molar-refractivity contribution is 9.10. The molecular weight excluding hydrogens is 354 g/mol. The number of nitrogens with one attached hydrogen (secondary N) is 1. The van der Waals surface area contributed by atoms with Crippen molar-refractivity contribution in [3.05, 3.63) is 64.1 Å². The number of nitrogens with zero attached hydrogens (tertiary/aromatic N) is 2. The van der Waals surface area contributed by atoms with E-state index >= 15 is 0 Å². The van der Waals surface area contributed by atoms with Crippen molar-refractivity contribution >= 4 is 27.5 Å². The molecule has 0 spiro atoms. The van der Waals surface area contributed by atoms with Gasteiger partial charge in [-0.25, -0.2) is 0 Å². The zero-order valence-corrected chi connectivity index (χ0v) is 14.5. The molecule has 23 heavy (non-hydrogen) atoms. The van der Waals surface area contributed by atoms with Crippen LogP contribution in [0.15, 0.2) is 53.0 Å². The van der Waals surface area contributed by atoms with E-state index in [1.807, 2.05) is 25.2 Å². The number of hydrogen-bond donors (Lipinski definition) is 1. The second-order valence-electron chi connectivity index (χ2n) is 5.32. The molecule has 0 aliphatic heterocycles. The van der Waals surface area contributed by atoms with Crippen LogP contribution in [-0.4, -0.2) is 24.4 Å². The van der Waals surface area contributed by atoms with Crippen LogP contribution in [0.3, 0.4) is 0 Å². The lowest BCUT2D eigenvalue weighted by Crippen LogP contribution is -2.24. The minimum atomic E-state index is -0.0336. The maximum Gasteiger partial charge on any atom is 0.225 e. The van der Waals surface area contributed by atoms with Crippen molar-refractivity contribution in [1.29, 1.82) is 5.26 Å². The van der Waals surface area contributed by atoms with Crippen molar-refractivity contribution in [3.8, 4) is 6.07 Å². The maximum atomic E-state index is 12.0. The molecule has 0 saturated carbocycles. The average molecular weight is 372 g/mol. The highest BCUT2D eigenvalue weighted by Crippen LogP contribution is 2.17. The van der Waals surface area contributed by atoms with Crippen LogP contribution in [-0.2, 0) is 11.3 Å². The Hall–Kier alpha value is -2.16. The van der Waals surface area contributed by atoms with E-state index in [4.69, 9.17) is 5.26 Å². The van der Waals surface area contributed by atoms with Gasteiger partial charge in [-0.1, -0.05) is 34.1 Å². The summed E-state index contributed by atoms with van der Waals surface area (Å²) in [6.45, 7) is 1.45. The van der Waals surface area contributed by atoms with Crippen molar-refractivity contribution < 1.29 is 4.79 Å². The first kappa shape index (κ1) is 17.2. The number of carbonyl (C=O) groups excluding carboxylic acids is 1. The zero-order valence-electron chi connectivity index (χ0n) is 12.9. The molecule has 5 heteroatoms. The number of rotatable bonds is 6. The van der Waals surface area contributed by atoms with Gasteiger partial charge in [0, 0.05) is 29.7 Å². The lowest BCUT2D eigenvalue weighted by molar-refractivity contribution is -0.116. The quantitative estimate of drug-likeness (QED) is 0.840. The fourth-order valence-corrected chi connectivity index (χ4v) is 2.55. The molecule has 0 fully saturated rings. The van der Waals surface area contributed by atoms with Gasteiger partial charge in [-0.05, 0) is 42.9 Å². The zero-order chi connectivity index (χ0) is 16.7. The summed E-state index contributed by atoms with van der Waals surface area (Å²) in [5.74, 6) is -0.0336. The number of hydrogen-bond acceptors (Lipinski definition) is 3. The summed E-state index contributed by atoms with van der Waals surface area (Å²) >= 11 is 3.53. The SMILES string of the molecule is CN(CCC(=O)Nc1ccc(C#N)cc1)Cc1ccccc1Br. The molecule has 2 aromatic carbocycles. The number of carbonyl (C=O) groups is 1. The Morgan fingerprint density at radius 2 is 1.91 bits per heavy atom. The van der Waals surface area contributed by atoms with E-state index in [1.165, 1.54) is 5.56 Å². The normalized spacial score (nSPS) is 10.3. The number of nitriles is 1. The van der Waals surface area contributed by atoms with Crippen LogP contribution >= 0.6 is 15.9 Å². The smallest absolute Gasteiger partial charge is 0.225 e. The van der Waals surface area contributed by atoms with Gasteiger partial charge in [0.05, 0.1) is 11.6 Å². The third kappa shape index (κ3) is 5.51. The molecule has 0 heterocycles. The summed E-state index contributed by atoms with van der Waals surface area (Å²) in [6.07, 6.45) is 0.418. The summed E-state index contributed by atoms with van der Waals surface area (Å²) in [4.78, 5) is 14.1. The molecule has 2 rings (SSSR count). The molecule has 118 valence electrons. The minimum absolute atomic E-state index is 0.0336. The first-order chi connectivity index (χ1) is 11.1. The molecule has 0 unspecified atom stereocenters. The highest BCUT2D eigenvalue weighted by Gasteiger charge is 2.07. The molecule has 0 aromatic heterocycles. The van der Waals surface area contributed by atoms with E-state index in [0.29, 0.717) is 24.2 Å². The van der Waals surface area contributed by atoms with Gasteiger partial charge in [-0.2, -0.15) is 5.26 Å².